The topological polar surface area (TPSA) is 130 Å². The van der Waals surface area contributed by atoms with Gasteiger partial charge in [-0.1, -0.05) is 84.2 Å². The lowest BCUT2D eigenvalue weighted by atomic mass is 9.80. The highest BCUT2D eigenvalue weighted by atomic mass is 79.9. The van der Waals surface area contributed by atoms with E-state index < -0.39 is 42.5 Å². The smallest absolute Gasteiger partial charge is 0.488 e. The highest BCUT2D eigenvalue weighted by Gasteiger charge is 2.31. The van der Waals surface area contributed by atoms with Gasteiger partial charge in [0.15, 0.2) is 13.2 Å². The van der Waals surface area contributed by atoms with Crippen LogP contribution < -0.4 is 24.4 Å². The molecule has 6 aromatic rings. The zero-order valence-corrected chi connectivity index (χ0v) is 41.3. The Balaban J connectivity index is 0.000000243. The van der Waals surface area contributed by atoms with Crippen LogP contribution in [0.25, 0.3) is 11.1 Å². The molecule has 0 aromatic heterocycles. The number of carbonyl (C=O) groups excluding carboxylic acids is 2. The highest BCUT2D eigenvalue weighted by molar-refractivity contribution is 9.11. The molecule has 0 amide bonds. The Morgan fingerprint density at radius 2 is 0.912 bits per heavy atom. The van der Waals surface area contributed by atoms with Gasteiger partial charge in [-0.15, -0.1) is 0 Å². The Morgan fingerprint density at radius 1 is 0.515 bits per heavy atom. The summed E-state index contributed by atoms with van der Waals surface area (Å²) >= 11 is 10.4. The van der Waals surface area contributed by atoms with Crippen LogP contribution in [0.1, 0.15) is 33.4 Å². The van der Waals surface area contributed by atoms with E-state index in [-0.39, 0.29) is 25.3 Å². The SMILES string of the molecule is COC(=O)COc1ccc(OCc2cc(Br)cc(-c3ccc(C(F)(F)F)cc3)c2)cc1C.COC(=O)COc1ccc(OCc2cc(Br)cc(Br)c2)cc1C.OB(O)c1ccc(C(F)(F)F)cc1. The number of ether oxygens (including phenoxy) is 6. The third-order valence-corrected chi connectivity index (χ3v) is 10.6. The van der Waals surface area contributed by atoms with Crippen LogP contribution in [0.4, 0.5) is 26.3 Å². The number of benzene rings is 6. The third-order valence-electron chi connectivity index (χ3n) is 9.21. The first-order chi connectivity index (χ1) is 32.0. The van der Waals surface area contributed by atoms with Gasteiger partial charge in [-0.25, -0.2) is 9.59 Å². The van der Waals surface area contributed by atoms with E-state index in [9.17, 15) is 35.9 Å². The zero-order valence-electron chi connectivity index (χ0n) is 36.5. The predicted molar refractivity (Wildman–Crippen MR) is 254 cm³/mol. The number of hydrogen-bond acceptors (Lipinski definition) is 10. The second-order valence-electron chi connectivity index (χ2n) is 14.4. The van der Waals surface area contributed by atoms with Gasteiger partial charge in [0.05, 0.1) is 25.3 Å². The van der Waals surface area contributed by atoms with Gasteiger partial charge in [-0.3, -0.25) is 0 Å². The fourth-order valence-corrected chi connectivity index (χ4v) is 7.69. The number of halogens is 9. The maximum atomic E-state index is 12.8. The molecule has 0 saturated heterocycles. The zero-order chi connectivity index (χ0) is 50.2. The number of rotatable bonds is 14. The summed E-state index contributed by atoms with van der Waals surface area (Å²) in [6, 6.07) is 31.0. The summed E-state index contributed by atoms with van der Waals surface area (Å²) in [5.41, 5.74) is 3.57. The van der Waals surface area contributed by atoms with Gasteiger partial charge >= 0.3 is 31.4 Å². The third kappa shape index (κ3) is 18.2. The number of aryl methyl sites for hydroxylation is 2. The Morgan fingerprint density at radius 3 is 1.29 bits per heavy atom. The lowest BCUT2D eigenvalue weighted by molar-refractivity contribution is -0.143. The van der Waals surface area contributed by atoms with Crippen molar-refractivity contribution in [1.29, 1.82) is 0 Å². The molecule has 0 heterocycles. The first-order valence-electron chi connectivity index (χ1n) is 19.9. The predicted octanol–water partition coefficient (Wildman–Crippen LogP) is 11.6. The second-order valence-corrected chi connectivity index (χ2v) is 17.1. The molecule has 0 saturated carbocycles. The van der Waals surface area contributed by atoms with E-state index >= 15 is 0 Å². The van der Waals surface area contributed by atoms with Crippen LogP contribution in [-0.2, 0) is 44.6 Å². The van der Waals surface area contributed by atoms with Gasteiger partial charge in [0.2, 0.25) is 0 Å². The van der Waals surface area contributed by atoms with E-state index in [4.69, 9.17) is 29.0 Å². The van der Waals surface area contributed by atoms with Gasteiger partial charge in [-0.2, -0.15) is 26.3 Å². The number of carbonyl (C=O) groups is 2. The van der Waals surface area contributed by atoms with Crippen molar-refractivity contribution in [2.45, 2.75) is 39.4 Å². The summed E-state index contributed by atoms with van der Waals surface area (Å²) in [6.07, 6.45) is -8.76. The van der Waals surface area contributed by atoms with E-state index in [0.717, 1.165) is 83.4 Å². The molecule has 10 nitrogen and oxygen atoms in total. The molecule has 68 heavy (non-hydrogen) atoms. The van der Waals surface area contributed by atoms with Crippen molar-refractivity contribution in [3.8, 4) is 34.1 Å². The summed E-state index contributed by atoms with van der Waals surface area (Å²) in [4.78, 5) is 22.3. The van der Waals surface area contributed by atoms with Gasteiger partial charge in [0.25, 0.3) is 0 Å². The summed E-state index contributed by atoms with van der Waals surface area (Å²) in [6.45, 7) is 4.16. The lowest BCUT2D eigenvalue weighted by Gasteiger charge is -2.12. The summed E-state index contributed by atoms with van der Waals surface area (Å²) < 4.78 is 109. The fraction of sp³-hybridized carbons (Fsp3) is 0.208. The number of alkyl halides is 6. The minimum absolute atomic E-state index is 0.0352. The molecule has 0 fully saturated rings. The second kappa shape index (κ2) is 25.7. The first kappa shape index (κ1) is 55.1. The van der Waals surface area contributed by atoms with Gasteiger partial charge in [0.1, 0.15) is 36.2 Å². The minimum Gasteiger partial charge on any atom is -0.489 e. The van der Waals surface area contributed by atoms with Crippen LogP contribution in [0.15, 0.2) is 135 Å². The summed E-state index contributed by atoms with van der Waals surface area (Å²) in [5.74, 6) is 1.66. The maximum absolute atomic E-state index is 12.8. The molecule has 0 radical (unpaired) electrons. The molecular weight excluding hydrogens is 1100 g/mol. The number of methoxy groups -OCH3 is 2. The Hall–Kier alpha value is -5.54. The molecule has 6 rings (SSSR count). The normalized spacial score (nSPS) is 10.9. The molecule has 0 unspecified atom stereocenters. The monoisotopic (exact) mass is 1140 g/mol. The minimum atomic E-state index is -4.39. The Kier molecular flexibility index (Phi) is 20.8. The summed E-state index contributed by atoms with van der Waals surface area (Å²) in [7, 11) is 0.887. The molecule has 0 aliphatic rings. The molecule has 0 aliphatic carbocycles. The quantitative estimate of drug-likeness (QED) is 0.0618. The van der Waals surface area contributed by atoms with E-state index in [1.807, 2.05) is 62.4 Å². The Labute approximate surface area is 413 Å². The van der Waals surface area contributed by atoms with E-state index in [1.165, 1.54) is 26.4 Å². The Bertz CT molecular complexity index is 2590. The van der Waals surface area contributed by atoms with Crippen molar-refractivity contribution in [2.24, 2.45) is 0 Å². The molecule has 2 N–H and O–H groups in total. The number of esters is 2. The van der Waals surface area contributed by atoms with Gasteiger partial charge in [0, 0.05) is 13.4 Å². The summed E-state index contributed by atoms with van der Waals surface area (Å²) in [5, 5.41) is 17.2. The van der Waals surface area contributed by atoms with Crippen molar-refractivity contribution in [2.75, 3.05) is 27.4 Å². The average molecular weight is 1140 g/mol. The molecule has 6 aromatic carbocycles. The molecule has 360 valence electrons. The van der Waals surface area contributed by atoms with E-state index in [2.05, 4.69) is 57.3 Å². The van der Waals surface area contributed by atoms with Crippen LogP contribution in [-0.4, -0.2) is 56.5 Å². The van der Waals surface area contributed by atoms with Crippen LogP contribution in [0.5, 0.6) is 23.0 Å². The number of hydrogen-bond donors (Lipinski definition) is 2. The van der Waals surface area contributed by atoms with Gasteiger partial charge < -0.3 is 38.5 Å². The largest absolute Gasteiger partial charge is 0.489 e. The lowest BCUT2D eigenvalue weighted by Crippen LogP contribution is -2.29. The molecule has 0 bridgehead atoms. The van der Waals surface area contributed by atoms with Crippen LogP contribution >= 0.6 is 47.8 Å². The first-order valence-corrected chi connectivity index (χ1v) is 22.2. The highest BCUT2D eigenvalue weighted by Crippen LogP contribution is 2.33. The van der Waals surface area contributed by atoms with Crippen LogP contribution in [0.2, 0.25) is 0 Å². The molecule has 0 aliphatic heterocycles. The van der Waals surface area contributed by atoms with E-state index in [1.54, 1.807) is 24.3 Å². The fourth-order valence-electron chi connectivity index (χ4n) is 5.76. The molecular formula is C48H42BBr3F6O10. The van der Waals surface area contributed by atoms with E-state index in [0.29, 0.717) is 29.4 Å². The average Bonchev–Trinajstić information content (AvgIpc) is 3.28. The van der Waals surface area contributed by atoms with Crippen molar-refractivity contribution in [1.82, 2.24) is 0 Å². The van der Waals surface area contributed by atoms with Crippen molar-refractivity contribution in [3.63, 3.8) is 0 Å². The van der Waals surface area contributed by atoms with Gasteiger partial charge in [-0.05, 0) is 138 Å². The standard InChI is InChI=1S/C24H20BrF3O4.C17H16Br2O4.C7H6BF3O2/c1-15-9-21(7-8-22(15)32-14-23(29)30-2)31-13-16-10-18(12-20(25)11-16)17-3-5-19(6-4-17)24(26,27)28;1-11-5-15(3-4-16(11)23-10-17(20)21-2)22-9-12-6-13(18)8-14(19)7-12;9-7(10,11)5-1-3-6(4-2-5)8(12)13/h3-12H,13-14H2,1-2H3;3-8H,9-10H2,1-2H3;1-4,12-13H. The van der Waals surface area contributed by atoms with Crippen LogP contribution in [0, 0.1) is 13.8 Å². The molecule has 20 heteroatoms. The van der Waals surface area contributed by atoms with Crippen molar-refractivity contribution in [3.05, 3.63) is 168 Å². The van der Waals surface area contributed by atoms with Crippen LogP contribution in [0.3, 0.4) is 0 Å². The maximum Gasteiger partial charge on any atom is 0.488 e. The van der Waals surface area contributed by atoms with Crippen molar-refractivity contribution >= 4 is 72.3 Å². The molecule has 0 atom stereocenters. The van der Waals surface area contributed by atoms with Crippen molar-refractivity contribution < 1.29 is 74.4 Å². The molecule has 0 spiro atoms.